The Kier molecular flexibility index (Phi) is 3.50. The lowest BCUT2D eigenvalue weighted by Crippen LogP contribution is -2.39. The Labute approximate surface area is 124 Å². The minimum Gasteiger partial charge on any atom is -0.354 e. The molecule has 0 spiro atoms. The highest BCUT2D eigenvalue weighted by atomic mass is 16.2. The monoisotopic (exact) mass is 285 g/mol. The molecular weight excluding hydrogens is 266 g/mol. The van der Waals surface area contributed by atoms with Gasteiger partial charge in [-0.15, -0.1) is 0 Å². The first-order valence-corrected chi connectivity index (χ1v) is 7.28. The van der Waals surface area contributed by atoms with Gasteiger partial charge < -0.3 is 9.80 Å². The highest BCUT2D eigenvalue weighted by Gasteiger charge is 2.41. The van der Waals surface area contributed by atoms with Crippen molar-refractivity contribution in [3.8, 4) is 6.07 Å². The first-order chi connectivity index (χ1) is 10.1. The first kappa shape index (κ1) is 13.8. The smallest absolute Gasteiger partial charge is 0.222 e. The predicted octanol–water partition coefficient (Wildman–Crippen LogP) is 1.04. The number of nitriles is 1. The molecule has 6 nitrogen and oxygen atoms in total. The molecule has 1 aliphatic heterocycles. The molecule has 3 rings (SSSR count). The lowest BCUT2D eigenvalue weighted by molar-refractivity contribution is -0.134. The molecule has 0 unspecified atom stereocenters. The summed E-state index contributed by atoms with van der Waals surface area (Å²) in [6, 6.07) is 2.42. The lowest BCUT2D eigenvalue weighted by Gasteiger charge is -2.31. The lowest BCUT2D eigenvalue weighted by atomic mass is 9.88. The number of anilines is 1. The molecule has 1 amide bonds. The summed E-state index contributed by atoms with van der Waals surface area (Å²) in [5.74, 6) is 1.91. The molecule has 0 radical (unpaired) electrons. The number of nitrogens with zero attached hydrogens (tertiary/aromatic N) is 5. The number of carbonyl (C=O) groups excluding carboxylic acids is 1. The summed E-state index contributed by atoms with van der Waals surface area (Å²) in [7, 11) is 3.85. The molecule has 110 valence electrons. The van der Waals surface area contributed by atoms with Gasteiger partial charge in [0, 0.05) is 45.5 Å². The summed E-state index contributed by atoms with van der Waals surface area (Å²) >= 11 is 0. The Morgan fingerprint density at radius 2 is 2.05 bits per heavy atom. The second kappa shape index (κ2) is 5.32. The van der Waals surface area contributed by atoms with E-state index in [2.05, 4.69) is 20.9 Å². The van der Waals surface area contributed by atoms with Crippen LogP contribution in [0.3, 0.4) is 0 Å². The molecule has 0 N–H and O–H groups in total. The first-order valence-electron chi connectivity index (χ1n) is 7.28. The number of rotatable bonds is 2. The van der Waals surface area contributed by atoms with E-state index >= 15 is 0 Å². The van der Waals surface area contributed by atoms with Crippen LogP contribution < -0.4 is 4.90 Å². The van der Waals surface area contributed by atoms with Crippen LogP contribution in [0, 0.1) is 23.2 Å². The number of fused-ring (bicyclic) bond motifs is 1. The van der Waals surface area contributed by atoms with E-state index in [1.807, 2.05) is 19.0 Å². The van der Waals surface area contributed by atoms with Crippen LogP contribution >= 0.6 is 0 Å². The number of amides is 1. The predicted molar refractivity (Wildman–Crippen MR) is 77.4 cm³/mol. The minimum atomic E-state index is 0.247. The molecule has 0 bridgehead atoms. The Bertz CT molecular complexity index is 596. The SMILES string of the molecule is CN1C[C@H]2C[C@@H](N(C)c3nccnc3C#N)C[C@H]2CC1=O. The summed E-state index contributed by atoms with van der Waals surface area (Å²) in [6.07, 6.45) is 5.84. The summed E-state index contributed by atoms with van der Waals surface area (Å²) in [5.41, 5.74) is 0.364. The van der Waals surface area contributed by atoms with Crippen molar-refractivity contribution in [3.63, 3.8) is 0 Å². The maximum Gasteiger partial charge on any atom is 0.222 e. The van der Waals surface area contributed by atoms with Crippen molar-refractivity contribution in [2.75, 3.05) is 25.5 Å². The number of piperidine rings is 1. The van der Waals surface area contributed by atoms with Gasteiger partial charge in [-0.25, -0.2) is 9.97 Å². The average molecular weight is 285 g/mol. The Hall–Kier alpha value is -2.16. The van der Waals surface area contributed by atoms with E-state index in [-0.39, 0.29) is 5.91 Å². The number of likely N-dealkylation sites (tertiary alicyclic amines) is 1. The zero-order valence-electron chi connectivity index (χ0n) is 12.4. The maximum absolute atomic E-state index is 11.8. The van der Waals surface area contributed by atoms with E-state index in [9.17, 15) is 4.79 Å². The molecule has 2 fully saturated rings. The normalized spacial score (nSPS) is 28.1. The zero-order chi connectivity index (χ0) is 15.0. The van der Waals surface area contributed by atoms with E-state index in [1.54, 1.807) is 6.20 Å². The summed E-state index contributed by atoms with van der Waals surface area (Å²) in [6.45, 7) is 0.847. The van der Waals surface area contributed by atoms with Gasteiger partial charge in [0.2, 0.25) is 5.91 Å². The van der Waals surface area contributed by atoms with Crippen molar-refractivity contribution in [3.05, 3.63) is 18.1 Å². The van der Waals surface area contributed by atoms with Crippen molar-refractivity contribution in [2.24, 2.45) is 11.8 Å². The fraction of sp³-hybridized carbons (Fsp3) is 0.600. The van der Waals surface area contributed by atoms with Gasteiger partial charge in [0.25, 0.3) is 0 Å². The van der Waals surface area contributed by atoms with Gasteiger partial charge in [-0.3, -0.25) is 4.79 Å². The van der Waals surface area contributed by atoms with Gasteiger partial charge in [-0.05, 0) is 24.7 Å². The molecule has 1 aromatic rings. The van der Waals surface area contributed by atoms with E-state index < -0.39 is 0 Å². The fourth-order valence-corrected chi connectivity index (χ4v) is 3.64. The van der Waals surface area contributed by atoms with Crippen molar-refractivity contribution >= 4 is 11.7 Å². The van der Waals surface area contributed by atoms with Crippen LogP contribution in [0.4, 0.5) is 5.82 Å². The number of aromatic nitrogens is 2. The Morgan fingerprint density at radius 1 is 1.33 bits per heavy atom. The highest BCUT2D eigenvalue weighted by Crippen LogP contribution is 2.40. The van der Waals surface area contributed by atoms with Gasteiger partial charge in [0.1, 0.15) is 6.07 Å². The topological polar surface area (TPSA) is 73.1 Å². The molecule has 1 saturated carbocycles. The minimum absolute atomic E-state index is 0.247. The van der Waals surface area contributed by atoms with Gasteiger partial charge in [-0.1, -0.05) is 0 Å². The maximum atomic E-state index is 11.8. The molecule has 2 heterocycles. The molecule has 1 saturated heterocycles. The molecule has 6 heteroatoms. The van der Waals surface area contributed by atoms with Crippen LogP contribution in [0.25, 0.3) is 0 Å². The number of hydrogen-bond donors (Lipinski definition) is 0. The molecule has 3 atom stereocenters. The molecule has 0 aromatic carbocycles. The standard InChI is InChI=1S/C15H19N5O/c1-19-9-11-6-12(5-10(11)7-14(19)21)20(2)15-13(8-16)17-3-4-18-15/h3-4,10-12H,5-7,9H2,1-2H3/t10-,11+,12-/m0/s1. The van der Waals surface area contributed by atoms with E-state index in [4.69, 9.17) is 5.26 Å². The average Bonchev–Trinajstić information content (AvgIpc) is 2.89. The summed E-state index contributed by atoms with van der Waals surface area (Å²) in [5, 5.41) is 9.16. The summed E-state index contributed by atoms with van der Waals surface area (Å²) in [4.78, 5) is 24.1. The van der Waals surface area contributed by atoms with Gasteiger partial charge in [0.15, 0.2) is 11.5 Å². The Morgan fingerprint density at radius 3 is 2.81 bits per heavy atom. The molecule has 1 aromatic heterocycles. The Balaban J connectivity index is 1.77. The number of hydrogen-bond acceptors (Lipinski definition) is 5. The second-order valence-corrected chi connectivity index (χ2v) is 6.08. The van der Waals surface area contributed by atoms with Crippen molar-refractivity contribution in [1.29, 1.82) is 5.26 Å². The van der Waals surface area contributed by atoms with Crippen LogP contribution in [0.5, 0.6) is 0 Å². The van der Waals surface area contributed by atoms with E-state index in [1.165, 1.54) is 6.20 Å². The third-order valence-corrected chi connectivity index (χ3v) is 4.85. The zero-order valence-corrected chi connectivity index (χ0v) is 12.4. The second-order valence-electron chi connectivity index (χ2n) is 6.08. The van der Waals surface area contributed by atoms with Crippen LogP contribution in [0.15, 0.2) is 12.4 Å². The third-order valence-electron chi connectivity index (χ3n) is 4.85. The quantitative estimate of drug-likeness (QED) is 0.812. The molecule has 2 aliphatic rings. The van der Waals surface area contributed by atoms with Crippen molar-refractivity contribution < 1.29 is 4.79 Å². The molecular formula is C15H19N5O. The van der Waals surface area contributed by atoms with Crippen LogP contribution in [0.1, 0.15) is 25.0 Å². The van der Waals surface area contributed by atoms with Gasteiger partial charge in [0.05, 0.1) is 0 Å². The largest absolute Gasteiger partial charge is 0.354 e. The summed E-state index contributed by atoms with van der Waals surface area (Å²) < 4.78 is 0. The van der Waals surface area contributed by atoms with Crippen molar-refractivity contribution in [1.82, 2.24) is 14.9 Å². The van der Waals surface area contributed by atoms with Crippen LogP contribution in [-0.4, -0.2) is 47.5 Å². The van der Waals surface area contributed by atoms with Crippen LogP contribution in [0.2, 0.25) is 0 Å². The van der Waals surface area contributed by atoms with Gasteiger partial charge >= 0.3 is 0 Å². The highest BCUT2D eigenvalue weighted by molar-refractivity contribution is 5.77. The molecule has 21 heavy (non-hydrogen) atoms. The molecule has 1 aliphatic carbocycles. The van der Waals surface area contributed by atoms with Crippen molar-refractivity contribution in [2.45, 2.75) is 25.3 Å². The van der Waals surface area contributed by atoms with E-state index in [0.29, 0.717) is 35.8 Å². The fourth-order valence-electron chi connectivity index (χ4n) is 3.64. The van der Waals surface area contributed by atoms with Crippen LogP contribution in [-0.2, 0) is 4.79 Å². The number of carbonyl (C=O) groups is 1. The van der Waals surface area contributed by atoms with E-state index in [0.717, 1.165) is 19.4 Å². The van der Waals surface area contributed by atoms with Gasteiger partial charge in [-0.2, -0.15) is 5.26 Å². The third kappa shape index (κ3) is 2.44.